The van der Waals surface area contributed by atoms with Crippen molar-refractivity contribution in [3.05, 3.63) is 29.3 Å². The summed E-state index contributed by atoms with van der Waals surface area (Å²) < 4.78 is 5.46. The first-order valence-corrected chi connectivity index (χ1v) is 6.73. The van der Waals surface area contributed by atoms with Crippen LogP contribution in [0, 0.1) is 0 Å². The van der Waals surface area contributed by atoms with Crippen LogP contribution >= 0.6 is 0 Å². The highest BCUT2D eigenvalue weighted by molar-refractivity contribution is 6.00. The molecular weight excluding hydrogens is 242 g/mol. The van der Waals surface area contributed by atoms with E-state index in [1.807, 2.05) is 12.1 Å². The minimum Gasteiger partial charge on any atom is -0.368 e. The van der Waals surface area contributed by atoms with Crippen LogP contribution in [0.4, 0.5) is 5.69 Å². The quantitative estimate of drug-likeness (QED) is 0.763. The summed E-state index contributed by atoms with van der Waals surface area (Å²) in [6.07, 6.45) is 2.31. The Balaban J connectivity index is 1.85. The Kier molecular flexibility index (Phi) is 3.11. The molecule has 19 heavy (non-hydrogen) atoms. The molecule has 2 aliphatic rings. The van der Waals surface area contributed by atoms with E-state index in [4.69, 9.17) is 4.74 Å². The van der Waals surface area contributed by atoms with E-state index in [9.17, 15) is 9.59 Å². The topological polar surface area (TPSA) is 46.6 Å². The van der Waals surface area contributed by atoms with Gasteiger partial charge < -0.3 is 9.64 Å². The Morgan fingerprint density at radius 3 is 2.89 bits per heavy atom. The lowest BCUT2D eigenvalue weighted by atomic mass is 10.1. The Hall–Kier alpha value is -1.68. The summed E-state index contributed by atoms with van der Waals surface area (Å²) in [6.45, 7) is 2.93. The summed E-state index contributed by atoms with van der Waals surface area (Å²) in [5.74, 6) is 0.124. The molecule has 100 valence electrons. The number of rotatable bonds is 2. The monoisotopic (exact) mass is 259 g/mol. The predicted molar refractivity (Wildman–Crippen MR) is 71.5 cm³/mol. The fourth-order valence-electron chi connectivity index (χ4n) is 2.80. The smallest absolute Gasteiger partial charge is 0.256 e. The van der Waals surface area contributed by atoms with Crippen molar-refractivity contribution in [2.24, 2.45) is 0 Å². The average molecular weight is 259 g/mol. The fraction of sp³-hybridized carbons (Fsp3) is 0.467. The van der Waals surface area contributed by atoms with Crippen LogP contribution in [0.1, 0.15) is 35.7 Å². The van der Waals surface area contributed by atoms with Gasteiger partial charge in [0.05, 0.1) is 0 Å². The average Bonchev–Trinajstić information content (AvgIpc) is 3.06. The first-order valence-electron chi connectivity index (χ1n) is 6.73. The van der Waals surface area contributed by atoms with Gasteiger partial charge in [0.1, 0.15) is 6.10 Å². The van der Waals surface area contributed by atoms with Crippen LogP contribution < -0.4 is 4.90 Å². The van der Waals surface area contributed by atoms with Gasteiger partial charge in [-0.15, -0.1) is 0 Å². The molecule has 2 heterocycles. The van der Waals surface area contributed by atoms with Gasteiger partial charge >= 0.3 is 0 Å². The number of Topliss-reactive ketones (excluding diaryl/α,β-unsaturated/α-hetero) is 1. The number of benzene rings is 1. The number of nitrogens with zero attached hydrogens (tertiary/aromatic N) is 1. The van der Waals surface area contributed by atoms with Crippen LogP contribution in [0.3, 0.4) is 0 Å². The highest BCUT2D eigenvalue weighted by Gasteiger charge is 2.32. The van der Waals surface area contributed by atoms with Gasteiger partial charge in [0.2, 0.25) is 0 Å². The van der Waals surface area contributed by atoms with Crippen LogP contribution in [0.25, 0.3) is 0 Å². The summed E-state index contributed by atoms with van der Waals surface area (Å²) in [7, 11) is 0. The van der Waals surface area contributed by atoms with Crippen molar-refractivity contribution in [3.63, 3.8) is 0 Å². The molecule has 1 unspecified atom stereocenters. The fourth-order valence-corrected chi connectivity index (χ4v) is 2.80. The lowest BCUT2D eigenvalue weighted by Gasteiger charge is -2.20. The normalized spacial score (nSPS) is 21.5. The second-order valence-corrected chi connectivity index (χ2v) is 5.14. The Bertz CT molecular complexity index is 532. The number of ether oxygens (including phenoxy) is 1. The van der Waals surface area contributed by atoms with E-state index in [2.05, 4.69) is 0 Å². The second-order valence-electron chi connectivity index (χ2n) is 5.14. The molecule has 0 saturated carbocycles. The molecule has 1 saturated heterocycles. The molecule has 0 aromatic heterocycles. The molecule has 4 heteroatoms. The van der Waals surface area contributed by atoms with Crippen molar-refractivity contribution in [1.29, 1.82) is 0 Å². The van der Waals surface area contributed by atoms with Gasteiger partial charge in [-0.2, -0.15) is 0 Å². The zero-order chi connectivity index (χ0) is 13.4. The SMILES string of the molecule is CC(=O)c1ccc2c(c1)CCN2C(=O)C1CCCO1. The van der Waals surface area contributed by atoms with E-state index in [1.54, 1.807) is 17.9 Å². The molecule has 1 amide bonds. The molecule has 1 aromatic rings. The lowest BCUT2D eigenvalue weighted by Crippen LogP contribution is -2.37. The molecule has 0 aliphatic carbocycles. The molecule has 1 atom stereocenters. The molecule has 3 rings (SSSR count). The molecular formula is C15H17NO3. The van der Waals surface area contributed by atoms with Gasteiger partial charge in [-0.1, -0.05) is 0 Å². The minimum atomic E-state index is -0.279. The largest absolute Gasteiger partial charge is 0.368 e. The third kappa shape index (κ3) is 2.16. The van der Waals surface area contributed by atoms with Crippen molar-refractivity contribution in [3.8, 4) is 0 Å². The van der Waals surface area contributed by atoms with E-state index in [0.29, 0.717) is 18.7 Å². The maximum atomic E-state index is 12.4. The summed E-state index contributed by atoms with van der Waals surface area (Å²) in [5, 5.41) is 0. The molecule has 1 aromatic carbocycles. The second kappa shape index (κ2) is 4.78. The van der Waals surface area contributed by atoms with Crippen LogP contribution in [0.2, 0.25) is 0 Å². The summed E-state index contributed by atoms with van der Waals surface area (Å²) in [6, 6.07) is 5.58. The summed E-state index contributed by atoms with van der Waals surface area (Å²) in [5.41, 5.74) is 2.73. The number of ketones is 1. The summed E-state index contributed by atoms with van der Waals surface area (Å²) in [4.78, 5) is 25.5. The molecule has 0 bridgehead atoms. The van der Waals surface area contributed by atoms with Crippen LogP contribution in [0.5, 0.6) is 0 Å². The van der Waals surface area contributed by atoms with Crippen molar-refractivity contribution < 1.29 is 14.3 Å². The van der Waals surface area contributed by atoms with Crippen molar-refractivity contribution >= 4 is 17.4 Å². The van der Waals surface area contributed by atoms with E-state index in [0.717, 1.165) is 30.5 Å². The van der Waals surface area contributed by atoms with Gasteiger partial charge in [-0.25, -0.2) is 0 Å². The molecule has 1 fully saturated rings. The molecule has 4 nitrogen and oxygen atoms in total. The molecule has 0 spiro atoms. The van der Waals surface area contributed by atoms with Gasteiger partial charge in [0, 0.05) is 24.4 Å². The predicted octanol–water partition coefficient (Wildman–Crippen LogP) is 1.96. The van der Waals surface area contributed by atoms with Gasteiger partial charge in [0.25, 0.3) is 5.91 Å². The summed E-state index contributed by atoms with van der Waals surface area (Å²) >= 11 is 0. The van der Waals surface area contributed by atoms with E-state index >= 15 is 0 Å². The first kappa shape index (κ1) is 12.4. The van der Waals surface area contributed by atoms with E-state index in [-0.39, 0.29) is 17.8 Å². The molecule has 2 aliphatic heterocycles. The van der Waals surface area contributed by atoms with E-state index in [1.165, 1.54) is 0 Å². The minimum absolute atomic E-state index is 0.0618. The Morgan fingerprint density at radius 2 is 2.21 bits per heavy atom. The van der Waals surface area contributed by atoms with Crippen molar-refractivity contribution in [2.75, 3.05) is 18.1 Å². The number of hydrogen-bond donors (Lipinski definition) is 0. The number of hydrogen-bond acceptors (Lipinski definition) is 3. The number of carbonyl (C=O) groups is 2. The zero-order valence-electron chi connectivity index (χ0n) is 11.0. The van der Waals surface area contributed by atoms with Crippen LogP contribution in [-0.4, -0.2) is 30.9 Å². The highest BCUT2D eigenvalue weighted by atomic mass is 16.5. The van der Waals surface area contributed by atoms with Crippen molar-refractivity contribution in [2.45, 2.75) is 32.3 Å². The highest BCUT2D eigenvalue weighted by Crippen LogP contribution is 2.31. The van der Waals surface area contributed by atoms with Crippen LogP contribution in [0.15, 0.2) is 18.2 Å². The maximum absolute atomic E-state index is 12.4. The zero-order valence-corrected chi connectivity index (χ0v) is 11.0. The lowest BCUT2D eigenvalue weighted by molar-refractivity contribution is -0.127. The van der Waals surface area contributed by atoms with Gasteiger partial charge in [-0.05, 0) is 49.9 Å². The maximum Gasteiger partial charge on any atom is 0.256 e. The van der Waals surface area contributed by atoms with Crippen LogP contribution in [-0.2, 0) is 16.0 Å². The van der Waals surface area contributed by atoms with Gasteiger partial charge in [0.15, 0.2) is 5.78 Å². The molecule has 0 radical (unpaired) electrons. The standard InChI is InChI=1S/C15H17NO3/c1-10(17)11-4-5-13-12(9-11)6-7-16(13)15(18)14-3-2-8-19-14/h4-5,9,14H,2-3,6-8H2,1H3. The Morgan fingerprint density at radius 1 is 1.37 bits per heavy atom. The molecule has 0 N–H and O–H groups in total. The number of carbonyl (C=O) groups excluding carboxylic acids is 2. The third-order valence-electron chi connectivity index (χ3n) is 3.85. The number of anilines is 1. The van der Waals surface area contributed by atoms with E-state index < -0.39 is 0 Å². The number of amides is 1. The number of fused-ring (bicyclic) bond motifs is 1. The third-order valence-corrected chi connectivity index (χ3v) is 3.85. The van der Waals surface area contributed by atoms with Crippen molar-refractivity contribution in [1.82, 2.24) is 0 Å². The van der Waals surface area contributed by atoms with Gasteiger partial charge in [-0.3, -0.25) is 9.59 Å². The first-order chi connectivity index (χ1) is 9.16. The Labute approximate surface area is 112 Å².